The second-order valence-electron chi connectivity index (χ2n) is 8.15. The Hall–Kier alpha value is -2.90. The van der Waals surface area contributed by atoms with Crippen LogP contribution in [-0.4, -0.2) is 47.9 Å². The summed E-state index contributed by atoms with van der Waals surface area (Å²) in [5, 5.41) is 2.67. The number of hydrogen-bond acceptors (Lipinski definition) is 4. The molecular formula is C26H26ClFN2O3S. The maximum absolute atomic E-state index is 13.5. The molecule has 1 aliphatic rings. The topological polar surface area (TPSA) is 49.9 Å². The normalized spacial score (nSPS) is 15.0. The molecule has 34 heavy (non-hydrogen) atoms. The first-order valence-corrected chi connectivity index (χ1v) is 12.5. The van der Waals surface area contributed by atoms with E-state index in [2.05, 4.69) is 0 Å². The SMILES string of the molecule is CCCN(CC(=O)N1CCc2sccc2[C@@H]1COc1ccc(Cl)cc1)C(=O)c1ccc(F)cc1. The highest BCUT2D eigenvalue weighted by Gasteiger charge is 2.33. The first-order valence-electron chi connectivity index (χ1n) is 11.2. The van der Waals surface area contributed by atoms with Gasteiger partial charge in [-0.3, -0.25) is 9.59 Å². The summed E-state index contributed by atoms with van der Waals surface area (Å²) < 4.78 is 19.3. The van der Waals surface area contributed by atoms with E-state index in [-0.39, 0.29) is 24.4 Å². The van der Waals surface area contributed by atoms with Gasteiger partial charge < -0.3 is 14.5 Å². The Morgan fingerprint density at radius 1 is 1.15 bits per heavy atom. The van der Waals surface area contributed by atoms with Crippen LogP contribution in [0.15, 0.2) is 60.0 Å². The maximum atomic E-state index is 13.5. The van der Waals surface area contributed by atoms with Crippen molar-refractivity contribution in [1.29, 1.82) is 0 Å². The molecule has 0 radical (unpaired) electrons. The Morgan fingerprint density at radius 2 is 1.88 bits per heavy atom. The molecular weight excluding hydrogens is 475 g/mol. The summed E-state index contributed by atoms with van der Waals surface area (Å²) in [6, 6.07) is 14.3. The highest BCUT2D eigenvalue weighted by Crippen LogP contribution is 2.34. The first-order chi connectivity index (χ1) is 16.5. The molecule has 0 saturated carbocycles. The number of amides is 2. The molecule has 1 aliphatic heterocycles. The summed E-state index contributed by atoms with van der Waals surface area (Å²) in [4.78, 5) is 31.1. The Morgan fingerprint density at radius 3 is 2.59 bits per heavy atom. The molecule has 178 valence electrons. The smallest absolute Gasteiger partial charge is 0.254 e. The van der Waals surface area contributed by atoms with Crippen LogP contribution < -0.4 is 4.74 Å². The van der Waals surface area contributed by atoms with Crippen LogP contribution in [0.5, 0.6) is 5.75 Å². The van der Waals surface area contributed by atoms with Crippen LogP contribution in [0, 0.1) is 5.82 Å². The molecule has 0 bridgehead atoms. The van der Waals surface area contributed by atoms with Crippen LogP contribution >= 0.6 is 22.9 Å². The van der Waals surface area contributed by atoms with Gasteiger partial charge >= 0.3 is 0 Å². The minimum Gasteiger partial charge on any atom is -0.491 e. The summed E-state index contributed by atoms with van der Waals surface area (Å²) >= 11 is 7.66. The highest BCUT2D eigenvalue weighted by atomic mass is 35.5. The average molecular weight is 501 g/mol. The molecule has 0 N–H and O–H groups in total. The van der Waals surface area contributed by atoms with Crippen molar-refractivity contribution < 1.29 is 18.7 Å². The molecule has 1 aromatic heterocycles. The Kier molecular flexibility index (Phi) is 7.85. The first kappa shape index (κ1) is 24.2. The van der Waals surface area contributed by atoms with E-state index in [0.29, 0.717) is 42.5 Å². The van der Waals surface area contributed by atoms with E-state index in [1.54, 1.807) is 35.6 Å². The van der Waals surface area contributed by atoms with Gasteiger partial charge in [-0.2, -0.15) is 0 Å². The summed E-state index contributed by atoms with van der Waals surface area (Å²) in [6.45, 7) is 3.21. The second kappa shape index (κ2) is 11.0. The van der Waals surface area contributed by atoms with E-state index in [4.69, 9.17) is 16.3 Å². The zero-order valence-electron chi connectivity index (χ0n) is 18.9. The molecule has 4 rings (SSSR count). The van der Waals surface area contributed by atoms with Crippen LogP contribution in [0.25, 0.3) is 0 Å². The summed E-state index contributed by atoms with van der Waals surface area (Å²) in [5.74, 6) is -0.140. The Balaban J connectivity index is 1.51. The molecule has 1 atom stereocenters. The van der Waals surface area contributed by atoms with E-state index in [1.165, 1.54) is 34.0 Å². The van der Waals surface area contributed by atoms with Gasteiger partial charge in [0.2, 0.25) is 5.91 Å². The van der Waals surface area contributed by atoms with E-state index >= 15 is 0 Å². The van der Waals surface area contributed by atoms with Gasteiger partial charge in [-0.05, 0) is 78.4 Å². The Bertz CT molecular complexity index is 1130. The van der Waals surface area contributed by atoms with Gasteiger partial charge in [0.1, 0.15) is 24.7 Å². The van der Waals surface area contributed by atoms with Crippen molar-refractivity contribution in [2.75, 3.05) is 26.2 Å². The number of hydrogen-bond donors (Lipinski definition) is 0. The summed E-state index contributed by atoms with van der Waals surface area (Å²) in [7, 11) is 0. The van der Waals surface area contributed by atoms with Crippen LogP contribution in [0.2, 0.25) is 5.02 Å². The molecule has 2 heterocycles. The van der Waals surface area contributed by atoms with Crippen LogP contribution in [0.1, 0.15) is 40.2 Å². The largest absolute Gasteiger partial charge is 0.491 e. The molecule has 0 saturated heterocycles. The average Bonchev–Trinajstić information content (AvgIpc) is 3.32. The molecule has 8 heteroatoms. The fourth-order valence-electron chi connectivity index (χ4n) is 4.13. The van der Waals surface area contributed by atoms with Crippen molar-refractivity contribution in [3.05, 3.63) is 86.8 Å². The minimum absolute atomic E-state index is 0.0407. The van der Waals surface area contributed by atoms with Gasteiger partial charge in [-0.25, -0.2) is 4.39 Å². The quantitative estimate of drug-likeness (QED) is 0.404. The van der Waals surface area contributed by atoms with Crippen LogP contribution in [-0.2, 0) is 11.2 Å². The Labute approximate surface area is 207 Å². The number of carbonyl (C=O) groups is 2. The maximum Gasteiger partial charge on any atom is 0.254 e. The number of thiophene rings is 1. The molecule has 0 aliphatic carbocycles. The molecule has 3 aromatic rings. The van der Waals surface area contributed by atoms with Gasteiger partial charge in [0, 0.05) is 28.6 Å². The number of carbonyl (C=O) groups excluding carboxylic acids is 2. The predicted octanol–water partition coefficient (Wildman–Crippen LogP) is 5.60. The zero-order valence-corrected chi connectivity index (χ0v) is 20.4. The van der Waals surface area contributed by atoms with E-state index in [9.17, 15) is 14.0 Å². The van der Waals surface area contributed by atoms with E-state index < -0.39 is 5.82 Å². The van der Waals surface area contributed by atoms with E-state index in [1.807, 2.05) is 23.3 Å². The minimum atomic E-state index is -0.405. The molecule has 0 fully saturated rings. The van der Waals surface area contributed by atoms with Crippen molar-refractivity contribution in [3.63, 3.8) is 0 Å². The standard InChI is InChI=1S/C26H26ClFN2O3S/c1-2-13-29(26(32)18-3-7-20(28)8-4-18)16-25(31)30-14-11-24-22(12-15-34-24)23(30)17-33-21-9-5-19(27)6-10-21/h3-10,12,15,23H,2,11,13-14,16-17H2,1H3/t23-/m0/s1. The summed E-state index contributed by atoms with van der Waals surface area (Å²) in [6.07, 6.45) is 1.48. The van der Waals surface area contributed by atoms with Gasteiger partial charge in [-0.1, -0.05) is 18.5 Å². The fourth-order valence-corrected chi connectivity index (χ4v) is 5.19. The van der Waals surface area contributed by atoms with Crippen LogP contribution in [0.4, 0.5) is 4.39 Å². The number of nitrogens with zero attached hydrogens (tertiary/aromatic N) is 2. The fraction of sp³-hybridized carbons (Fsp3) is 0.308. The number of rotatable bonds is 8. The van der Waals surface area contributed by atoms with Crippen LogP contribution in [0.3, 0.4) is 0 Å². The van der Waals surface area contributed by atoms with Crippen molar-refractivity contribution in [3.8, 4) is 5.75 Å². The summed E-state index contributed by atoms with van der Waals surface area (Å²) in [5.41, 5.74) is 1.45. The lowest BCUT2D eigenvalue weighted by Crippen LogP contribution is -2.48. The lowest BCUT2D eigenvalue weighted by atomic mass is 10.0. The third-order valence-corrected chi connectivity index (χ3v) is 7.08. The van der Waals surface area contributed by atoms with Gasteiger partial charge in [0.25, 0.3) is 5.91 Å². The van der Waals surface area contributed by atoms with Crippen molar-refractivity contribution >= 4 is 34.8 Å². The monoisotopic (exact) mass is 500 g/mol. The zero-order chi connectivity index (χ0) is 24.1. The molecule has 5 nitrogen and oxygen atoms in total. The third kappa shape index (κ3) is 5.59. The number of halogens is 2. The van der Waals surface area contributed by atoms with Crippen molar-refractivity contribution in [1.82, 2.24) is 9.80 Å². The van der Waals surface area contributed by atoms with Gasteiger partial charge in [0.15, 0.2) is 0 Å². The molecule has 2 aromatic carbocycles. The third-order valence-electron chi connectivity index (χ3n) is 5.83. The molecule has 2 amide bonds. The lowest BCUT2D eigenvalue weighted by molar-refractivity contribution is -0.135. The molecule has 0 unspecified atom stereocenters. The van der Waals surface area contributed by atoms with Gasteiger partial charge in [-0.15, -0.1) is 11.3 Å². The predicted molar refractivity (Wildman–Crippen MR) is 132 cm³/mol. The highest BCUT2D eigenvalue weighted by molar-refractivity contribution is 7.10. The number of benzene rings is 2. The molecule has 0 spiro atoms. The number of fused-ring (bicyclic) bond motifs is 1. The van der Waals surface area contributed by atoms with Gasteiger partial charge in [0.05, 0.1) is 6.04 Å². The van der Waals surface area contributed by atoms with Crippen molar-refractivity contribution in [2.45, 2.75) is 25.8 Å². The van der Waals surface area contributed by atoms with Crippen molar-refractivity contribution in [2.24, 2.45) is 0 Å². The number of ether oxygens (including phenoxy) is 1. The second-order valence-corrected chi connectivity index (χ2v) is 9.59. The van der Waals surface area contributed by atoms with E-state index in [0.717, 1.165) is 12.0 Å². The lowest BCUT2D eigenvalue weighted by Gasteiger charge is -2.37.